The predicted octanol–water partition coefficient (Wildman–Crippen LogP) is 0.742. The van der Waals surface area contributed by atoms with Crippen LogP contribution in [0.4, 0.5) is 0 Å². The van der Waals surface area contributed by atoms with Gasteiger partial charge >= 0.3 is 0 Å². The molecule has 3 N–H and O–H groups in total. The van der Waals surface area contributed by atoms with Crippen LogP contribution in [0.1, 0.15) is 27.2 Å². The summed E-state index contributed by atoms with van der Waals surface area (Å²) in [5.41, 5.74) is 5.52. The van der Waals surface area contributed by atoms with Gasteiger partial charge in [-0.1, -0.05) is 5.92 Å². The molecule has 3 heteroatoms. The highest BCUT2D eigenvalue weighted by molar-refractivity contribution is 4.98. The van der Waals surface area contributed by atoms with Crippen molar-refractivity contribution in [1.82, 2.24) is 5.32 Å². The Balaban J connectivity index is 3.94. The number of rotatable bonds is 6. The smallest absolute Gasteiger partial charge is 0.0638 e. The van der Waals surface area contributed by atoms with Gasteiger partial charge in [-0.2, -0.15) is 0 Å². The van der Waals surface area contributed by atoms with Crippen molar-refractivity contribution in [2.24, 2.45) is 5.73 Å². The lowest BCUT2D eigenvalue weighted by molar-refractivity contribution is 0.00812. The van der Waals surface area contributed by atoms with Crippen molar-refractivity contribution in [3.05, 3.63) is 0 Å². The Morgan fingerprint density at radius 2 is 2.14 bits per heavy atom. The summed E-state index contributed by atoms with van der Waals surface area (Å²) in [5, 5.41) is 3.28. The van der Waals surface area contributed by atoms with Gasteiger partial charge < -0.3 is 15.8 Å². The van der Waals surface area contributed by atoms with Crippen molar-refractivity contribution in [3.63, 3.8) is 0 Å². The molecular formula is C11H22N2O. The molecule has 0 aliphatic heterocycles. The third-order valence-corrected chi connectivity index (χ3v) is 2.23. The normalized spacial score (nSPS) is 13.2. The molecule has 0 heterocycles. The first kappa shape index (κ1) is 13.4. The molecule has 0 aromatic heterocycles. The summed E-state index contributed by atoms with van der Waals surface area (Å²) in [4.78, 5) is 0. The molecule has 0 saturated heterocycles. The van der Waals surface area contributed by atoms with E-state index < -0.39 is 0 Å². The average Bonchev–Trinajstić information content (AvgIpc) is 2.16. The van der Waals surface area contributed by atoms with E-state index >= 15 is 0 Å². The zero-order chi connectivity index (χ0) is 11.0. The molecule has 0 aromatic carbocycles. The molecular weight excluding hydrogens is 176 g/mol. The molecule has 0 fully saturated rings. The van der Waals surface area contributed by atoms with Gasteiger partial charge in [0.1, 0.15) is 0 Å². The molecule has 0 aliphatic carbocycles. The van der Waals surface area contributed by atoms with E-state index in [1.165, 1.54) is 0 Å². The summed E-state index contributed by atoms with van der Waals surface area (Å²) in [6.07, 6.45) is 0.894. The molecule has 3 nitrogen and oxygen atoms in total. The van der Waals surface area contributed by atoms with Gasteiger partial charge in [0.05, 0.1) is 12.1 Å². The number of hydrogen-bond donors (Lipinski definition) is 2. The summed E-state index contributed by atoms with van der Waals surface area (Å²) in [6.45, 7) is 7.25. The van der Waals surface area contributed by atoms with Gasteiger partial charge in [-0.05, 0) is 27.2 Å². The molecule has 0 aromatic rings. The Labute approximate surface area is 87.4 Å². The molecule has 0 bridgehead atoms. The summed E-state index contributed by atoms with van der Waals surface area (Å²) >= 11 is 0. The molecule has 1 unspecified atom stereocenters. The van der Waals surface area contributed by atoms with E-state index in [0.717, 1.165) is 6.42 Å². The molecule has 14 heavy (non-hydrogen) atoms. The van der Waals surface area contributed by atoms with Crippen molar-refractivity contribution >= 4 is 0 Å². The maximum atomic E-state index is 5.65. The van der Waals surface area contributed by atoms with Crippen molar-refractivity contribution in [2.45, 2.75) is 38.8 Å². The van der Waals surface area contributed by atoms with Crippen LogP contribution in [-0.2, 0) is 4.74 Å². The summed E-state index contributed by atoms with van der Waals surface area (Å²) < 4.78 is 5.34. The van der Waals surface area contributed by atoms with E-state index in [4.69, 9.17) is 10.5 Å². The second-order valence-corrected chi connectivity index (χ2v) is 3.91. The standard InChI is InChI=1S/C11H22N2O/c1-5-6-7-13-10(9-12)8-11(2,3)14-4/h10,13H,7-9,12H2,1-4H3. The molecule has 1 atom stereocenters. The van der Waals surface area contributed by atoms with Gasteiger partial charge in [0.15, 0.2) is 0 Å². The van der Waals surface area contributed by atoms with E-state index in [1.54, 1.807) is 7.11 Å². The summed E-state index contributed by atoms with van der Waals surface area (Å²) in [6, 6.07) is 0.269. The second kappa shape index (κ2) is 6.83. The Hall–Kier alpha value is -0.560. The van der Waals surface area contributed by atoms with Crippen molar-refractivity contribution in [3.8, 4) is 11.8 Å². The minimum Gasteiger partial charge on any atom is -0.379 e. The van der Waals surface area contributed by atoms with Crippen LogP contribution in [0.5, 0.6) is 0 Å². The largest absolute Gasteiger partial charge is 0.379 e. The van der Waals surface area contributed by atoms with Crippen LogP contribution in [0.25, 0.3) is 0 Å². The van der Waals surface area contributed by atoms with Crippen LogP contribution in [0.3, 0.4) is 0 Å². The van der Waals surface area contributed by atoms with E-state index in [1.807, 2.05) is 6.92 Å². The van der Waals surface area contributed by atoms with E-state index in [0.29, 0.717) is 13.1 Å². The second-order valence-electron chi connectivity index (χ2n) is 3.91. The lowest BCUT2D eigenvalue weighted by Gasteiger charge is -2.28. The van der Waals surface area contributed by atoms with Crippen LogP contribution in [0.15, 0.2) is 0 Å². The number of ether oxygens (including phenoxy) is 1. The third kappa shape index (κ3) is 5.98. The quantitative estimate of drug-likeness (QED) is 0.619. The zero-order valence-corrected chi connectivity index (χ0v) is 9.68. The molecule has 0 spiro atoms. The minimum absolute atomic E-state index is 0.128. The molecule has 0 saturated carbocycles. The highest BCUT2D eigenvalue weighted by Gasteiger charge is 2.21. The molecule has 0 radical (unpaired) electrons. The fraction of sp³-hybridized carbons (Fsp3) is 0.818. The molecule has 0 amide bonds. The maximum absolute atomic E-state index is 5.65. The van der Waals surface area contributed by atoms with Gasteiger partial charge in [-0.15, -0.1) is 5.92 Å². The first-order valence-corrected chi connectivity index (χ1v) is 4.94. The Bertz CT molecular complexity index is 203. The van der Waals surface area contributed by atoms with Gasteiger partial charge in [-0.3, -0.25) is 0 Å². The number of nitrogens with one attached hydrogen (secondary N) is 1. The van der Waals surface area contributed by atoms with Crippen LogP contribution in [0, 0.1) is 11.8 Å². The van der Waals surface area contributed by atoms with Gasteiger partial charge in [0, 0.05) is 19.7 Å². The van der Waals surface area contributed by atoms with Crippen LogP contribution in [0.2, 0.25) is 0 Å². The zero-order valence-electron chi connectivity index (χ0n) is 9.68. The minimum atomic E-state index is -0.128. The fourth-order valence-electron chi connectivity index (χ4n) is 1.20. The average molecular weight is 198 g/mol. The molecule has 82 valence electrons. The van der Waals surface area contributed by atoms with Crippen molar-refractivity contribution in [2.75, 3.05) is 20.2 Å². The number of nitrogens with two attached hydrogens (primary N) is 1. The Kier molecular flexibility index (Phi) is 6.56. The van der Waals surface area contributed by atoms with E-state index in [-0.39, 0.29) is 11.6 Å². The topological polar surface area (TPSA) is 47.3 Å². The highest BCUT2D eigenvalue weighted by Crippen LogP contribution is 2.14. The maximum Gasteiger partial charge on any atom is 0.0638 e. The first-order chi connectivity index (χ1) is 6.55. The van der Waals surface area contributed by atoms with Crippen LogP contribution in [-0.4, -0.2) is 31.8 Å². The lowest BCUT2D eigenvalue weighted by Crippen LogP contribution is -2.42. The van der Waals surface area contributed by atoms with Crippen molar-refractivity contribution in [1.29, 1.82) is 0 Å². The Morgan fingerprint density at radius 1 is 1.50 bits per heavy atom. The first-order valence-electron chi connectivity index (χ1n) is 4.94. The number of hydrogen-bond acceptors (Lipinski definition) is 3. The van der Waals surface area contributed by atoms with Gasteiger partial charge in [-0.25, -0.2) is 0 Å². The monoisotopic (exact) mass is 198 g/mol. The lowest BCUT2D eigenvalue weighted by atomic mass is 9.99. The summed E-state index contributed by atoms with van der Waals surface area (Å²) in [5.74, 6) is 5.80. The molecule has 0 rings (SSSR count). The van der Waals surface area contributed by atoms with E-state index in [9.17, 15) is 0 Å². The van der Waals surface area contributed by atoms with E-state index in [2.05, 4.69) is 31.0 Å². The van der Waals surface area contributed by atoms with Gasteiger partial charge in [0.25, 0.3) is 0 Å². The van der Waals surface area contributed by atoms with Crippen molar-refractivity contribution < 1.29 is 4.74 Å². The van der Waals surface area contributed by atoms with Crippen LogP contribution >= 0.6 is 0 Å². The predicted molar refractivity (Wildman–Crippen MR) is 60.0 cm³/mol. The van der Waals surface area contributed by atoms with Gasteiger partial charge in [0.2, 0.25) is 0 Å². The molecule has 0 aliphatic rings. The third-order valence-electron chi connectivity index (χ3n) is 2.23. The van der Waals surface area contributed by atoms with Crippen LogP contribution < -0.4 is 11.1 Å². The fourth-order valence-corrected chi connectivity index (χ4v) is 1.20. The number of methoxy groups -OCH3 is 1. The highest BCUT2D eigenvalue weighted by atomic mass is 16.5. The Morgan fingerprint density at radius 3 is 2.57 bits per heavy atom. The SMILES string of the molecule is CC#CCNC(CN)CC(C)(C)OC. The summed E-state index contributed by atoms with van der Waals surface area (Å²) in [7, 11) is 1.72.